The van der Waals surface area contributed by atoms with E-state index in [2.05, 4.69) is 9.84 Å². The van der Waals surface area contributed by atoms with E-state index in [1.165, 1.54) is 7.48 Å². The molecule has 61 valence electrons. The molecule has 1 aromatic carbocycles. The molecule has 0 atom stereocenters. The van der Waals surface area contributed by atoms with Gasteiger partial charge in [-0.2, -0.15) is 0 Å². The van der Waals surface area contributed by atoms with Crippen LogP contribution < -0.4 is 5.46 Å². The molecule has 0 aliphatic rings. The van der Waals surface area contributed by atoms with Gasteiger partial charge in [0.15, 0.2) is 0 Å². The molecule has 12 heavy (non-hydrogen) atoms. The lowest BCUT2D eigenvalue weighted by Gasteiger charge is -1.96. The van der Waals surface area contributed by atoms with Crippen LogP contribution in [0.3, 0.4) is 0 Å². The molecule has 0 aliphatic carbocycles. The van der Waals surface area contributed by atoms with Crippen molar-refractivity contribution in [1.29, 1.82) is 0 Å². The number of hydrogen-bond donors (Lipinski definition) is 1. The minimum Gasteiger partial charge on any atom is -0.298 e. The maximum Gasteiger partial charge on any atom is 0.385 e. The van der Waals surface area contributed by atoms with Crippen LogP contribution in [0, 0.1) is 0 Å². The molecule has 4 nitrogen and oxygen atoms in total. The van der Waals surface area contributed by atoms with E-state index in [0.29, 0.717) is 11.0 Å². The Labute approximate surface area is 69.9 Å². The molecular formula is C7H6BO4. The number of hydrogen-bond acceptors (Lipinski definition) is 4. The van der Waals surface area contributed by atoms with Crippen molar-refractivity contribution in [2.45, 2.75) is 0 Å². The van der Waals surface area contributed by atoms with Crippen molar-refractivity contribution in [2.75, 3.05) is 0 Å². The minimum atomic E-state index is 0.533. The zero-order valence-electron chi connectivity index (χ0n) is 6.14. The quantitative estimate of drug-likeness (QED) is 0.299. The van der Waals surface area contributed by atoms with E-state index in [-0.39, 0.29) is 0 Å². The Kier molecular flexibility index (Phi) is 3.47. The molecule has 5 heteroatoms. The Morgan fingerprint density at radius 1 is 1.50 bits per heavy atom. The zero-order chi connectivity index (χ0) is 8.81. The number of carbonyl (C=O) groups excluding carboxylic acids is 1. The van der Waals surface area contributed by atoms with Crippen LogP contribution in [0.1, 0.15) is 10.4 Å². The van der Waals surface area contributed by atoms with E-state index in [9.17, 15) is 4.79 Å². The number of benzene rings is 1. The van der Waals surface area contributed by atoms with Gasteiger partial charge in [0.2, 0.25) is 0 Å². The first-order valence-corrected chi connectivity index (χ1v) is 3.22. The normalized spacial score (nSPS) is 9.42. The largest absolute Gasteiger partial charge is 0.385 e. The molecule has 0 aromatic heterocycles. The SMILES string of the molecule is O=Cc1cccc([B]OOO)c1. The van der Waals surface area contributed by atoms with Gasteiger partial charge >= 0.3 is 7.48 Å². The summed E-state index contributed by atoms with van der Waals surface area (Å²) in [6.07, 6.45) is 0.719. The molecule has 1 radical (unpaired) electrons. The second-order valence-electron chi connectivity index (χ2n) is 2.08. The van der Waals surface area contributed by atoms with Crippen molar-refractivity contribution in [3.8, 4) is 0 Å². The monoisotopic (exact) mass is 165 g/mol. The van der Waals surface area contributed by atoms with Crippen molar-refractivity contribution < 1.29 is 19.9 Å². The van der Waals surface area contributed by atoms with E-state index < -0.39 is 0 Å². The van der Waals surface area contributed by atoms with Crippen LogP contribution in [0.2, 0.25) is 0 Å². The topological polar surface area (TPSA) is 55.8 Å². The summed E-state index contributed by atoms with van der Waals surface area (Å²) in [5.41, 5.74) is 1.17. The fourth-order valence-electron chi connectivity index (χ4n) is 0.783. The lowest BCUT2D eigenvalue weighted by molar-refractivity contribution is -0.441. The third kappa shape index (κ3) is 2.46. The molecule has 0 saturated heterocycles. The molecule has 0 spiro atoms. The first kappa shape index (κ1) is 8.93. The smallest absolute Gasteiger partial charge is 0.298 e. The van der Waals surface area contributed by atoms with Crippen LogP contribution in [0.15, 0.2) is 24.3 Å². The minimum absolute atomic E-state index is 0.533. The summed E-state index contributed by atoms with van der Waals surface area (Å²) in [6, 6.07) is 6.64. The summed E-state index contributed by atoms with van der Waals surface area (Å²) in [6.45, 7) is 0. The number of rotatable bonds is 4. The highest BCUT2D eigenvalue weighted by Crippen LogP contribution is 1.91. The summed E-state index contributed by atoms with van der Waals surface area (Å²) >= 11 is 0. The molecule has 0 amide bonds. The molecule has 1 rings (SSSR count). The first-order valence-electron chi connectivity index (χ1n) is 3.22. The third-order valence-corrected chi connectivity index (χ3v) is 1.27. The van der Waals surface area contributed by atoms with Gasteiger partial charge in [0.25, 0.3) is 0 Å². The van der Waals surface area contributed by atoms with Crippen molar-refractivity contribution >= 4 is 19.2 Å². The molecule has 1 aromatic rings. The molecule has 1 N–H and O–H groups in total. The van der Waals surface area contributed by atoms with Gasteiger partial charge < -0.3 is 0 Å². The van der Waals surface area contributed by atoms with Gasteiger partial charge in [0.1, 0.15) is 6.29 Å². The van der Waals surface area contributed by atoms with E-state index in [4.69, 9.17) is 5.26 Å². The molecule has 0 saturated carbocycles. The summed E-state index contributed by atoms with van der Waals surface area (Å²) < 4.78 is 0. The Balaban J connectivity index is 2.66. The van der Waals surface area contributed by atoms with Crippen molar-refractivity contribution in [3.05, 3.63) is 29.8 Å². The van der Waals surface area contributed by atoms with Crippen molar-refractivity contribution in [3.63, 3.8) is 0 Å². The zero-order valence-corrected chi connectivity index (χ0v) is 6.14. The third-order valence-electron chi connectivity index (χ3n) is 1.27. The lowest BCUT2D eigenvalue weighted by Crippen LogP contribution is -2.17. The maximum atomic E-state index is 10.3. The van der Waals surface area contributed by atoms with E-state index in [0.717, 1.165) is 6.29 Å². The molecule has 0 bridgehead atoms. The van der Waals surface area contributed by atoms with Crippen molar-refractivity contribution in [1.82, 2.24) is 0 Å². The van der Waals surface area contributed by atoms with Gasteiger partial charge in [0.05, 0.1) is 0 Å². The molecule has 0 aliphatic heterocycles. The van der Waals surface area contributed by atoms with Gasteiger partial charge in [-0.3, -0.25) is 9.60 Å². The van der Waals surface area contributed by atoms with Gasteiger partial charge in [-0.05, 0) is 5.46 Å². The highest BCUT2D eigenvalue weighted by atomic mass is 17.5. The van der Waals surface area contributed by atoms with Crippen molar-refractivity contribution in [2.24, 2.45) is 0 Å². The Morgan fingerprint density at radius 2 is 2.33 bits per heavy atom. The first-order chi connectivity index (χ1) is 5.86. The van der Waals surface area contributed by atoms with Gasteiger partial charge in [-0.1, -0.05) is 29.3 Å². The molecular weight excluding hydrogens is 159 g/mol. The Hall–Kier alpha value is -1.17. The standard InChI is InChI=1S/C7H6BO4/c9-5-6-2-1-3-7(4-6)8-11-12-10/h1-5,10H. The highest BCUT2D eigenvalue weighted by molar-refractivity contribution is 6.46. The summed E-state index contributed by atoms with van der Waals surface area (Å²) in [7, 11) is 1.17. The average molecular weight is 165 g/mol. The van der Waals surface area contributed by atoms with Crippen LogP contribution in [-0.2, 0) is 9.84 Å². The number of aldehydes is 1. The van der Waals surface area contributed by atoms with E-state index in [1.54, 1.807) is 24.3 Å². The summed E-state index contributed by atoms with van der Waals surface area (Å²) in [4.78, 5) is 14.4. The van der Waals surface area contributed by atoms with Gasteiger partial charge in [-0.25, -0.2) is 5.26 Å². The van der Waals surface area contributed by atoms with Crippen LogP contribution in [-0.4, -0.2) is 19.0 Å². The van der Waals surface area contributed by atoms with Crippen LogP contribution in [0.4, 0.5) is 0 Å². The summed E-state index contributed by atoms with van der Waals surface area (Å²) in [5, 5.41) is 11.2. The lowest BCUT2D eigenvalue weighted by atomic mass is 9.88. The van der Waals surface area contributed by atoms with Crippen LogP contribution >= 0.6 is 0 Å². The fourth-order valence-corrected chi connectivity index (χ4v) is 0.783. The predicted molar refractivity (Wildman–Crippen MR) is 42.0 cm³/mol. The molecule has 0 fully saturated rings. The van der Waals surface area contributed by atoms with Gasteiger partial charge in [0, 0.05) is 5.56 Å². The average Bonchev–Trinajstić information content (AvgIpc) is 2.15. The maximum absolute atomic E-state index is 10.3. The van der Waals surface area contributed by atoms with Crippen LogP contribution in [0.5, 0.6) is 0 Å². The van der Waals surface area contributed by atoms with Crippen LogP contribution in [0.25, 0.3) is 0 Å². The second kappa shape index (κ2) is 4.66. The van der Waals surface area contributed by atoms with Gasteiger partial charge in [-0.15, -0.1) is 0 Å². The highest BCUT2D eigenvalue weighted by Gasteiger charge is 1.98. The van der Waals surface area contributed by atoms with E-state index in [1.807, 2.05) is 0 Å². The second-order valence-corrected chi connectivity index (χ2v) is 2.08. The summed E-state index contributed by atoms with van der Waals surface area (Å²) in [5.74, 6) is 0. The predicted octanol–water partition coefficient (Wildman–Crippen LogP) is 0.165. The Morgan fingerprint density at radius 3 is 3.00 bits per heavy atom. The van der Waals surface area contributed by atoms with E-state index >= 15 is 0 Å². The Bertz CT molecular complexity index is 263. The fraction of sp³-hybridized carbons (Fsp3) is 0. The molecule has 0 heterocycles. The molecule has 0 unspecified atom stereocenters. The number of carbonyl (C=O) groups is 1.